The van der Waals surface area contributed by atoms with Gasteiger partial charge < -0.3 is 10.1 Å². The van der Waals surface area contributed by atoms with E-state index in [0.29, 0.717) is 17.5 Å². The predicted molar refractivity (Wildman–Crippen MR) is 81.8 cm³/mol. The second kappa shape index (κ2) is 5.40. The van der Waals surface area contributed by atoms with Gasteiger partial charge in [0, 0.05) is 6.54 Å². The molecular weight excluding hydrogens is 266 g/mol. The highest BCUT2D eigenvalue weighted by molar-refractivity contribution is 5.81. The first kappa shape index (κ1) is 13.4. The van der Waals surface area contributed by atoms with Crippen molar-refractivity contribution in [3.63, 3.8) is 0 Å². The van der Waals surface area contributed by atoms with Crippen molar-refractivity contribution in [3.8, 4) is 11.6 Å². The summed E-state index contributed by atoms with van der Waals surface area (Å²) < 4.78 is 6.00. The third-order valence-corrected chi connectivity index (χ3v) is 3.16. The van der Waals surface area contributed by atoms with Crippen LogP contribution in [-0.4, -0.2) is 26.7 Å². The Balaban J connectivity index is 2.06. The molecule has 3 rings (SSSR count). The first-order chi connectivity index (χ1) is 10.2. The van der Waals surface area contributed by atoms with Crippen molar-refractivity contribution in [2.24, 2.45) is 0 Å². The van der Waals surface area contributed by atoms with E-state index in [4.69, 9.17) is 4.74 Å². The number of nitrogens with one attached hydrogen (secondary N) is 2. The van der Waals surface area contributed by atoms with E-state index < -0.39 is 0 Å². The van der Waals surface area contributed by atoms with E-state index >= 15 is 0 Å². The molecule has 0 atom stereocenters. The SMILES string of the molecule is CCNc1nc(Oc2cc(C)ccc2C)c2cn[nH]c2n1. The number of hydrogen-bond acceptors (Lipinski definition) is 5. The molecule has 0 radical (unpaired) electrons. The van der Waals surface area contributed by atoms with E-state index in [-0.39, 0.29) is 0 Å². The molecule has 6 heteroatoms. The Morgan fingerprint density at radius 3 is 2.90 bits per heavy atom. The fraction of sp³-hybridized carbons (Fsp3) is 0.267. The van der Waals surface area contributed by atoms with Gasteiger partial charge in [-0.15, -0.1) is 0 Å². The first-order valence-electron chi connectivity index (χ1n) is 6.87. The average Bonchev–Trinajstić information content (AvgIpc) is 2.92. The lowest BCUT2D eigenvalue weighted by molar-refractivity contribution is 0.465. The third kappa shape index (κ3) is 2.65. The summed E-state index contributed by atoms with van der Waals surface area (Å²) in [7, 11) is 0. The van der Waals surface area contributed by atoms with Crippen molar-refractivity contribution in [3.05, 3.63) is 35.5 Å². The molecule has 0 amide bonds. The highest BCUT2D eigenvalue weighted by Gasteiger charge is 2.12. The zero-order valence-electron chi connectivity index (χ0n) is 12.3. The lowest BCUT2D eigenvalue weighted by atomic mass is 10.1. The Labute approximate surface area is 122 Å². The van der Waals surface area contributed by atoms with Crippen molar-refractivity contribution in [1.82, 2.24) is 20.2 Å². The molecule has 0 aliphatic carbocycles. The van der Waals surface area contributed by atoms with E-state index in [9.17, 15) is 0 Å². The molecule has 0 bridgehead atoms. The molecule has 2 aromatic heterocycles. The van der Waals surface area contributed by atoms with Crippen LogP contribution in [0.1, 0.15) is 18.1 Å². The van der Waals surface area contributed by atoms with Gasteiger partial charge in [0.25, 0.3) is 0 Å². The van der Waals surface area contributed by atoms with Crippen LogP contribution in [0.25, 0.3) is 11.0 Å². The van der Waals surface area contributed by atoms with Crippen LogP contribution in [0.15, 0.2) is 24.4 Å². The quantitative estimate of drug-likeness (QED) is 0.769. The van der Waals surface area contributed by atoms with Crippen LogP contribution in [0, 0.1) is 13.8 Å². The summed E-state index contributed by atoms with van der Waals surface area (Å²) in [6, 6.07) is 6.08. The van der Waals surface area contributed by atoms with Gasteiger partial charge in [0.2, 0.25) is 11.8 Å². The summed E-state index contributed by atoms with van der Waals surface area (Å²) in [5, 5.41) is 10.7. The number of aromatic amines is 1. The number of aryl methyl sites for hydroxylation is 2. The maximum absolute atomic E-state index is 6.00. The average molecular weight is 283 g/mol. The zero-order chi connectivity index (χ0) is 14.8. The maximum atomic E-state index is 6.00. The number of H-pyrrole nitrogens is 1. The minimum atomic E-state index is 0.499. The van der Waals surface area contributed by atoms with Gasteiger partial charge in [0.05, 0.1) is 6.20 Å². The van der Waals surface area contributed by atoms with Crippen LogP contribution in [-0.2, 0) is 0 Å². The Bertz CT molecular complexity index is 781. The molecule has 0 aliphatic heterocycles. The van der Waals surface area contributed by atoms with Gasteiger partial charge in [-0.25, -0.2) is 0 Å². The van der Waals surface area contributed by atoms with E-state index in [1.165, 1.54) is 0 Å². The molecule has 1 aromatic carbocycles. The lowest BCUT2D eigenvalue weighted by Gasteiger charge is -2.10. The van der Waals surface area contributed by atoms with Crippen LogP contribution in [0.5, 0.6) is 11.6 Å². The standard InChI is InChI=1S/C15H17N5O/c1-4-16-15-18-13-11(8-17-20-13)14(19-15)21-12-7-9(2)5-6-10(12)3/h5-8H,4H2,1-3H3,(H2,16,17,18,19,20). The Morgan fingerprint density at radius 1 is 1.24 bits per heavy atom. The van der Waals surface area contributed by atoms with Crippen LogP contribution in [0.4, 0.5) is 5.95 Å². The number of hydrogen-bond donors (Lipinski definition) is 2. The molecule has 2 heterocycles. The van der Waals surface area contributed by atoms with Gasteiger partial charge in [0.15, 0.2) is 5.65 Å². The van der Waals surface area contributed by atoms with Crippen LogP contribution >= 0.6 is 0 Å². The lowest BCUT2D eigenvalue weighted by Crippen LogP contribution is -2.03. The molecule has 108 valence electrons. The van der Waals surface area contributed by atoms with Gasteiger partial charge in [-0.1, -0.05) is 12.1 Å². The summed E-state index contributed by atoms with van der Waals surface area (Å²) in [6.45, 7) is 6.77. The molecular formula is C15H17N5O. The molecule has 3 aromatic rings. The second-order valence-electron chi connectivity index (χ2n) is 4.89. The first-order valence-corrected chi connectivity index (χ1v) is 6.87. The fourth-order valence-electron chi connectivity index (χ4n) is 2.04. The number of rotatable bonds is 4. The van der Waals surface area contributed by atoms with Crippen LogP contribution in [0.2, 0.25) is 0 Å². The molecule has 0 unspecified atom stereocenters. The zero-order valence-corrected chi connectivity index (χ0v) is 12.3. The summed E-state index contributed by atoms with van der Waals surface area (Å²) in [6.07, 6.45) is 1.67. The van der Waals surface area contributed by atoms with Crippen molar-refractivity contribution >= 4 is 17.0 Å². The Kier molecular flexibility index (Phi) is 3.43. The molecule has 0 aliphatic rings. The minimum absolute atomic E-state index is 0.499. The largest absolute Gasteiger partial charge is 0.438 e. The number of anilines is 1. The maximum Gasteiger partial charge on any atom is 0.235 e. The van der Waals surface area contributed by atoms with Crippen molar-refractivity contribution in [2.45, 2.75) is 20.8 Å². The van der Waals surface area contributed by atoms with Gasteiger partial charge in [0.1, 0.15) is 11.1 Å². The van der Waals surface area contributed by atoms with Crippen molar-refractivity contribution < 1.29 is 4.74 Å². The smallest absolute Gasteiger partial charge is 0.235 e. The number of fused-ring (bicyclic) bond motifs is 1. The molecule has 0 fully saturated rings. The summed E-state index contributed by atoms with van der Waals surface area (Å²) >= 11 is 0. The third-order valence-electron chi connectivity index (χ3n) is 3.16. The predicted octanol–water partition coefficient (Wildman–Crippen LogP) is 3.19. The van der Waals surface area contributed by atoms with Crippen molar-refractivity contribution in [2.75, 3.05) is 11.9 Å². The molecule has 0 spiro atoms. The molecule has 0 saturated carbocycles. The number of aromatic nitrogens is 4. The Hall–Kier alpha value is -2.63. The monoisotopic (exact) mass is 283 g/mol. The van der Waals surface area contributed by atoms with Crippen LogP contribution in [0.3, 0.4) is 0 Å². The highest BCUT2D eigenvalue weighted by Crippen LogP contribution is 2.29. The number of nitrogens with zero attached hydrogens (tertiary/aromatic N) is 3. The van der Waals surface area contributed by atoms with E-state index in [1.54, 1.807) is 6.20 Å². The van der Waals surface area contributed by atoms with Crippen molar-refractivity contribution in [1.29, 1.82) is 0 Å². The number of ether oxygens (including phenoxy) is 1. The molecule has 2 N–H and O–H groups in total. The van der Waals surface area contributed by atoms with E-state index in [2.05, 4.69) is 31.5 Å². The van der Waals surface area contributed by atoms with Gasteiger partial charge in [-0.3, -0.25) is 5.10 Å². The topological polar surface area (TPSA) is 75.7 Å². The van der Waals surface area contributed by atoms with Gasteiger partial charge in [-0.2, -0.15) is 15.1 Å². The van der Waals surface area contributed by atoms with E-state index in [1.807, 2.05) is 32.9 Å². The summed E-state index contributed by atoms with van der Waals surface area (Å²) in [5.74, 6) is 1.81. The second-order valence-corrected chi connectivity index (χ2v) is 4.89. The summed E-state index contributed by atoms with van der Waals surface area (Å²) in [4.78, 5) is 8.77. The minimum Gasteiger partial charge on any atom is -0.438 e. The van der Waals surface area contributed by atoms with Gasteiger partial charge in [-0.05, 0) is 38.0 Å². The summed E-state index contributed by atoms with van der Waals surface area (Å²) in [5.41, 5.74) is 2.85. The molecule has 6 nitrogen and oxygen atoms in total. The fourth-order valence-corrected chi connectivity index (χ4v) is 2.04. The van der Waals surface area contributed by atoms with Crippen LogP contribution < -0.4 is 10.1 Å². The number of benzene rings is 1. The highest BCUT2D eigenvalue weighted by atomic mass is 16.5. The normalized spacial score (nSPS) is 10.8. The Morgan fingerprint density at radius 2 is 2.10 bits per heavy atom. The van der Waals surface area contributed by atoms with Gasteiger partial charge >= 0.3 is 0 Å². The van der Waals surface area contributed by atoms with E-state index in [0.717, 1.165) is 28.8 Å². The molecule has 0 saturated heterocycles. The molecule has 21 heavy (non-hydrogen) atoms.